The van der Waals surface area contributed by atoms with E-state index in [9.17, 15) is 19.7 Å². The summed E-state index contributed by atoms with van der Waals surface area (Å²) in [6.45, 7) is 5.29. The smallest absolute Gasteiger partial charge is 0.347 e. The van der Waals surface area contributed by atoms with Crippen LogP contribution in [0.15, 0.2) is 49.2 Å². The number of hydrogen-bond donors (Lipinski definition) is 0. The number of carbonyl (C=O) groups is 1. The number of nitro groups is 1. The summed E-state index contributed by atoms with van der Waals surface area (Å²) in [6, 6.07) is 8.06. The van der Waals surface area contributed by atoms with Gasteiger partial charge in [0, 0.05) is 22.5 Å². The molecule has 0 amide bonds. The van der Waals surface area contributed by atoms with E-state index >= 15 is 0 Å². The van der Waals surface area contributed by atoms with Gasteiger partial charge in [-0.05, 0) is 60.5 Å². The first-order valence-electron chi connectivity index (χ1n) is 11.2. The summed E-state index contributed by atoms with van der Waals surface area (Å²) >= 11 is 6.66. The fourth-order valence-corrected chi connectivity index (χ4v) is 4.27. The minimum atomic E-state index is -1.05. The number of aromatic nitrogens is 2. The molecule has 0 unspecified atom stereocenters. The largest absolute Gasteiger partial charge is 0.471 e. The highest BCUT2D eigenvalue weighted by Gasteiger charge is 2.25. The number of carbonyl (C=O) groups excluding carboxylic acids is 1. The van der Waals surface area contributed by atoms with Crippen molar-refractivity contribution in [2.75, 3.05) is 6.61 Å². The predicted octanol–water partition coefficient (Wildman–Crippen LogP) is 5.38. The van der Waals surface area contributed by atoms with Crippen LogP contribution in [0.3, 0.4) is 0 Å². The van der Waals surface area contributed by atoms with Gasteiger partial charge in [-0.15, -0.1) is 0 Å². The number of nitro benzene ring substituents is 1. The number of esters is 1. The van der Waals surface area contributed by atoms with Crippen LogP contribution < -0.4 is 10.3 Å². The highest BCUT2D eigenvalue weighted by molar-refractivity contribution is 9.10. The lowest BCUT2D eigenvalue weighted by Crippen LogP contribution is -2.26. The Morgan fingerprint density at radius 1 is 1.28 bits per heavy atom. The number of ether oxygens (including phenoxy) is 2. The second-order valence-electron chi connectivity index (χ2n) is 7.77. The molecule has 10 nitrogen and oxygen atoms in total. The molecule has 12 heteroatoms. The summed E-state index contributed by atoms with van der Waals surface area (Å²) < 4.78 is 12.6. The molecule has 1 heterocycles. The third kappa shape index (κ3) is 6.35. The molecule has 0 aliphatic rings. The van der Waals surface area contributed by atoms with Crippen LogP contribution in [0.1, 0.15) is 45.0 Å². The van der Waals surface area contributed by atoms with Crippen molar-refractivity contribution in [1.82, 2.24) is 9.66 Å². The van der Waals surface area contributed by atoms with Crippen molar-refractivity contribution in [2.45, 2.75) is 46.1 Å². The zero-order valence-electron chi connectivity index (χ0n) is 19.9. The molecule has 0 aliphatic heterocycles. The number of rotatable bonds is 10. The molecule has 0 fully saturated rings. The van der Waals surface area contributed by atoms with Crippen molar-refractivity contribution in [1.29, 1.82) is 0 Å². The molecule has 190 valence electrons. The van der Waals surface area contributed by atoms with E-state index in [1.165, 1.54) is 23.9 Å². The van der Waals surface area contributed by atoms with Gasteiger partial charge in [0.2, 0.25) is 5.75 Å². The first-order valence-corrected chi connectivity index (χ1v) is 12.8. The summed E-state index contributed by atoms with van der Waals surface area (Å²) in [5.74, 6) is -0.265. The summed E-state index contributed by atoms with van der Waals surface area (Å²) in [5, 5.41) is 16.5. The van der Waals surface area contributed by atoms with E-state index < -0.39 is 17.0 Å². The Labute approximate surface area is 223 Å². The number of halogens is 2. The van der Waals surface area contributed by atoms with Crippen LogP contribution in [0, 0.1) is 10.1 Å². The highest BCUT2D eigenvalue weighted by atomic mass is 79.9. The second-order valence-corrected chi connectivity index (χ2v) is 9.54. The van der Waals surface area contributed by atoms with E-state index in [1.807, 2.05) is 13.0 Å². The molecule has 0 aliphatic carbocycles. The number of unbranched alkanes of at least 4 members (excludes halogenated alkanes) is 1. The van der Waals surface area contributed by atoms with Gasteiger partial charge in [0.1, 0.15) is 5.82 Å². The molecular weight excluding hydrogens is 600 g/mol. The lowest BCUT2D eigenvalue weighted by atomic mass is 10.2. The summed E-state index contributed by atoms with van der Waals surface area (Å²) in [7, 11) is 0. The maximum Gasteiger partial charge on any atom is 0.347 e. The van der Waals surface area contributed by atoms with Gasteiger partial charge in [0.25, 0.3) is 5.56 Å². The molecule has 1 aromatic heterocycles. The quantitative estimate of drug-likeness (QED) is 0.128. The third-order valence-corrected chi connectivity index (χ3v) is 6.19. The van der Waals surface area contributed by atoms with Crippen molar-refractivity contribution >= 4 is 60.6 Å². The molecule has 3 aromatic rings. The van der Waals surface area contributed by atoms with Crippen molar-refractivity contribution in [3.8, 4) is 5.75 Å². The molecule has 36 heavy (non-hydrogen) atoms. The van der Waals surface area contributed by atoms with Gasteiger partial charge in [-0.25, -0.2) is 9.78 Å². The van der Waals surface area contributed by atoms with Gasteiger partial charge in [-0.1, -0.05) is 29.3 Å². The van der Waals surface area contributed by atoms with Crippen LogP contribution in [0.5, 0.6) is 5.75 Å². The number of nitrogens with zero attached hydrogens (tertiary/aromatic N) is 4. The molecule has 0 radical (unpaired) electrons. The van der Waals surface area contributed by atoms with Gasteiger partial charge < -0.3 is 9.47 Å². The SMILES string of the molecule is CCCCc1nc2ccc(Br)cc2c(=O)n1N=Cc1cc(Br)c(O[C@H](C)C(=O)OCC)c([N+](=O)[O-])c1. The molecule has 0 bridgehead atoms. The van der Waals surface area contributed by atoms with E-state index in [4.69, 9.17) is 9.47 Å². The van der Waals surface area contributed by atoms with Crippen molar-refractivity contribution < 1.29 is 19.2 Å². The molecule has 0 saturated carbocycles. The third-order valence-electron chi connectivity index (χ3n) is 5.11. The van der Waals surface area contributed by atoms with E-state index in [0.717, 1.165) is 17.3 Å². The molecular formula is C24H24Br2N4O6. The van der Waals surface area contributed by atoms with Crippen molar-refractivity contribution in [3.05, 3.63) is 71.1 Å². The molecule has 2 aromatic carbocycles. The molecule has 0 N–H and O–H groups in total. The Kier molecular flexibility index (Phi) is 9.32. The monoisotopic (exact) mass is 622 g/mol. The van der Waals surface area contributed by atoms with E-state index in [0.29, 0.717) is 28.7 Å². The molecule has 0 spiro atoms. The van der Waals surface area contributed by atoms with Crippen molar-refractivity contribution in [3.63, 3.8) is 0 Å². The Morgan fingerprint density at radius 3 is 2.69 bits per heavy atom. The van der Waals surface area contributed by atoms with Gasteiger partial charge in [-0.2, -0.15) is 9.78 Å². The Bertz CT molecular complexity index is 1390. The lowest BCUT2D eigenvalue weighted by molar-refractivity contribution is -0.386. The van der Waals surface area contributed by atoms with Crippen LogP contribution in [-0.2, 0) is 16.0 Å². The first-order chi connectivity index (χ1) is 17.2. The van der Waals surface area contributed by atoms with E-state index in [2.05, 4.69) is 41.9 Å². The number of aryl methyl sites for hydroxylation is 1. The van der Waals surface area contributed by atoms with Crippen LogP contribution >= 0.6 is 31.9 Å². The zero-order chi connectivity index (χ0) is 26.4. The van der Waals surface area contributed by atoms with Crippen molar-refractivity contribution in [2.24, 2.45) is 5.10 Å². The van der Waals surface area contributed by atoms with Crippen LogP contribution in [0.2, 0.25) is 0 Å². The number of hydrogen-bond acceptors (Lipinski definition) is 8. The van der Waals surface area contributed by atoms with E-state index in [-0.39, 0.29) is 28.1 Å². The fourth-order valence-electron chi connectivity index (χ4n) is 3.35. The maximum atomic E-state index is 13.2. The van der Waals surface area contributed by atoms with Gasteiger partial charge >= 0.3 is 11.7 Å². The minimum absolute atomic E-state index is 0.115. The zero-order valence-corrected chi connectivity index (χ0v) is 23.0. The fraction of sp³-hybridized carbons (Fsp3) is 0.333. The van der Waals surface area contributed by atoms with Gasteiger partial charge in [-0.3, -0.25) is 14.9 Å². The topological polar surface area (TPSA) is 126 Å². The molecule has 0 saturated heterocycles. The first kappa shape index (κ1) is 27.5. The average molecular weight is 624 g/mol. The Balaban J connectivity index is 2.05. The predicted molar refractivity (Wildman–Crippen MR) is 143 cm³/mol. The van der Waals surface area contributed by atoms with Crippen LogP contribution in [0.25, 0.3) is 10.9 Å². The maximum absolute atomic E-state index is 13.2. The average Bonchev–Trinajstić information content (AvgIpc) is 2.83. The molecule has 1 atom stereocenters. The Morgan fingerprint density at radius 2 is 2.03 bits per heavy atom. The standard InChI is InChI=1S/C24H24Br2N4O6/c1-4-6-7-21-28-19-9-8-16(25)12-17(19)23(31)29(21)27-13-15-10-18(26)22(20(11-15)30(33)34)36-14(3)24(32)35-5-2/h8-14H,4-7H2,1-3H3/t14-/m1/s1. The minimum Gasteiger partial charge on any atom is -0.471 e. The molecule has 3 rings (SSSR count). The normalized spacial score (nSPS) is 12.1. The van der Waals surface area contributed by atoms with E-state index in [1.54, 1.807) is 25.1 Å². The Hall–Kier alpha value is -3.12. The van der Waals surface area contributed by atoms with Crippen LogP contribution in [0.4, 0.5) is 5.69 Å². The van der Waals surface area contributed by atoms with Crippen LogP contribution in [-0.4, -0.2) is 39.5 Å². The lowest BCUT2D eigenvalue weighted by Gasteiger charge is -2.15. The summed E-state index contributed by atoms with van der Waals surface area (Å²) in [6.07, 6.45) is 2.55. The second kappa shape index (κ2) is 12.2. The highest BCUT2D eigenvalue weighted by Crippen LogP contribution is 2.37. The number of benzene rings is 2. The summed E-state index contributed by atoms with van der Waals surface area (Å²) in [5.41, 5.74) is 0.185. The summed E-state index contributed by atoms with van der Waals surface area (Å²) in [4.78, 5) is 40.9. The van der Waals surface area contributed by atoms with Gasteiger partial charge in [0.15, 0.2) is 6.10 Å². The van der Waals surface area contributed by atoms with Gasteiger partial charge in [0.05, 0.1) is 33.1 Å². The number of fused-ring (bicyclic) bond motifs is 1.